The summed E-state index contributed by atoms with van der Waals surface area (Å²) in [7, 11) is 0. The Morgan fingerprint density at radius 2 is 2.04 bits per heavy atom. The molecule has 1 atom stereocenters. The summed E-state index contributed by atoms with van der Waals surface area (Å²) in [5.74, 6) is 0.449. The predicted molar refractivity (Wildman–Crippen MR) is 101 cm³/mol. The molecule has 2 rings (SSSR count). The van der Waals surface area contributed by atoms with E-state index in [0.717, 1.165) is 19.6 Å². The SMILES string of the molecule is CCN(CC)CC(C)NC(=O)c1ccc(Cn2nc(C)c([N+](=O)[O-])c2C)o1. The van der Waals surface area contributed by atoms with E-state index in [1.165, 1.54) is 4.68 Å². The van der Waals surface area contributed by atoms with Crippen LogP contribution in [0.5, 0.6) is 0 Å². The molecule has 9 heteroatoms. The van der Waals surface area contributed by atoms with E-state index in [1.54, 1.807) is 26.0 Å². The summed E-state index contributed by atoms with van der Waals surface area (Å²) >= 11 is 0. The maximum Gasteiger partial charge on any atom is 0.312 e. The molecule has 2 aromatic heterocycles. The first-order valence-corrected chi connectivity index (χ1v) is 9.07. The Labute approximate surface area is 158 Å². The van der Waals surface area contributed by atoms with Crippen molar-refractivity contribution in [1.82, 2.24) is 20.0 Å². The van der Waals surface area contributed by atoms with Crippen LogP contribution in [0.4, 0.5) is 5.69 Å². The Kier molecular flexibility index (Phi) is 6.73. The molecule has 0 radical (unpaired) electrons. The molecule has 0 saturated heterocycles. The number of aromatic nitrogens is 2. The molecule has 1 amide bonds. The van der Waals surface area contributed by atoms with Gasteiger partial charge in [0.15, 0.2) is 5.76 Å². The standard InChI is InChI=1S/C18H27N5O4/c1-6-21(7-2)10-12(3)19-18(24)16-9-8-15(27-16)11-22-14(5)17(23(25)26)13(4)20-22/h8-9,12H,6-7,10-11H2,1-5H3,(H,19,24). The molecule has 0 spiro atoms. The lowest BCUT2D eigenvalue weighted by atomic mass is 10.3. The lowest BCUT2D eigenvalue weighted by Gasteiger charge is -2.23. The van der Waals surface area contributed by atoms with Gasteiger partial charge in [-0.15, -0.1) is 0 Å². The topological polar surface area (TPSA) is 106 Å². The van der Waals surface area contributed by atoms with Crippen LogP contribution in [-0.2, 0) is 6.54 Å². The van der Waals surface area contributed by atoms with Crippen LogP contribution in [-0.4, -0.2) is 51.2 Å². The first-order valence-electron chi connectivity index (χ1n) is 9.07. The molecule has 0 aliphatic rings. The highest BCUT2D eigenvalue weighted by atomic mass is 16.6. The Bertz CT molecular complexity index is 807. The van der Waals surface area contributed by atoms with Gasteiger partial charge in [-0.2, -0.15) is 5.10 Å². The number of amides is 1. The molecule has 0 aromatic carbocycles. The molecule has 148 valence electrons. The molecule has 0 aliphatic heterocycles. The van der Waals surface area contributed by atoms with Gasteiger partial charge < -0.3 is 14.6 Å². The van der Waals surface area contributed by atoms with Gasteiger partial charge >= 0.3 is 5.69 Å². The minimum Gasteiger partial charge on any atom is -0.454 e. The smallest absolute Gasteiger partial charge is 0.312 e. The first-order chi connectivity index (χ1) is 12.8. The first kappa shape index (κ1) is 20.6. The Hall–Kier alpha value is -2.68. The minimum absolute atomic E-state index is 0.00440. The van der Waals surface area contributed by atoms with Gasteiger partial charge in [0.05, 0.1) is 11.5 Å². The van der Waals surface area contributed by atoms with Crippen LogP contribution >= 0.6 is 0 Å². The third-order valence-corrected chi connectivity index (χ3v) is 4.52. The number of hydrogen-bond donors (Lipinski definition) is 1. The van der Waals surface area contributed by atoms with E-state index >= 15 is 0 Å². The Morgan fingerprint density at radius 3 is 2.59 bits per heavy atom. The molecule has 2 aromatic rings. The average Bonchev–Trinajstić information content (AvgIpc) is 3.17. The molecule has 0 saturated carbocycles. The fourth-order valence-corrected chi connectivity index (χ4v) is 3.05. The molecule has 1 N–H and O–H groups in total. The van der Waals surface area contributed by atoms with Crippen LogP contribution in [0.25, 0.3) is 0 Å². The van der Waals surface area contributed by atoms with Crippen molar-refractivity contribution in [2.45, 2.75) is 47.2 Å². The maximum atomic E-state index is 12.4. The molecular weight excluding hydrogens is 350 g/mol. The van der Waals surface area contributed by atoms with Gasteiger partial charge in [0, 0.05) is 12.6 Å². The zero-order chi connectivity index (χ0) is 20.1. The second-order valence-electron chi connectivity index (χ2n) is 6.56. The van der Waals surface area contributed by atoms with Crippen molar-refractivity contribution in [1.29, 1.82) is 0 Å². The van der Waals surface area contributed by atoms with E-state index in [2.05, 4.69) is 29.2 Å². The monoisotopic (exact) mass is 377 g/mol. The third kappa shape index (κ3) is 4.94. The number of hydrogen-bond acceptors (Lipinski definition) is 6. The highest BCUT2D eigenvalue weighted by Crippen LogP contribution is 2.23. The number of nitrogens with zero attached hydrogens (tertiary/aromatic N) is 4. The lowest BCUT2D eigenvalue weighted by Crippen LogP contribution is -2.41. The highest BCUT2D eigenvalue weighted by molar-refractivity contribution is 5.91. The Morgan fingerprint density at radius 1 is 1.37 bits per heavy atom. The summed E-state index contributed by atoms with van der Waals surface area (Å²) in [6.07, 6.45) is 0. The van der Waals surface area contributed by atoms with Crippen LogP contribution < -0.4 is 5.32 Å². The number of carbonyl (C=O) groups is 1. The minimum atomic E-state index is -0.438. The van der Waals surface area contributed by atoms with Gasteiger partial charge in [-0.05, 0) is 46.0 Å². The van der Waals surface area contributed by atoms with Gasteiger partial charge in [0.1, 0.15) is 17.1 Å². The fraction of sp³-hybridized carbons (Fsp3) is 0.556. The van der Waals surface area contributed by atoms with Crippen molar-refractivity contribution in [2.24, 2.45) is 0 Å². The van der Waals surface area contributed by atoms with Crippen LogP contribution in [0.2, 0.25) is 0 Å². The number of nitro groups is 1. The molecule has 0 fully saturated rings. The molecule has 1 unspecified atom stereocenters. The van der Waals surface area contributed by atoms with Gasteiger partial charge in [-0.1, -0.05) is 13.8 Å². The van der Waals surface area contributed by atoms with Crippen LogP contribution in [0.15, 0.2) is 16.5 Å². The van der Waals surface area contributed by atoms with Gasteiger partial charge in [-0.3, -0.25) is 19.6 Å². The van der Waals surface area contributed by atoms with Crippen molar-refractivity contribution in [3.63, 3.8) is 0 Å². The zero-order valence-corrected chi connectivity index (χ0v) is 16.5. The van der Waals surface area contributed by atoms with E-state index in [1.807, 2.05) is 6.92 Å². The summed E-state index contributed by atoms with van der Waals surface area (Å²) in [4.78, 5) is 25.2. The van der Waals surface area contributed by atoms with E-state index in [9.17, 15) is 14.9 Å². The zero-order valence-electron chi connectivity index (χ0n) is 16.5. The third-order valence-electron chi connectivity index (χ3n) is 4.52. The normalized spacial score (nSPS) is 12.4. The van der Waals surface area contributed by atoms with Gasteiger partial charge in [0.25, 0.3) is 5.91 Å². The molecular formula is C18H27N5O4. The van der Waals surface area contributed by atoms with Crippen LogP contribution in [0, 0.1) is 24.0 Å². The number of rotatable bonds is 9. The van der Waals surface area contributed by atoms with Crippen molar-refractivity contribution < 1.29 is 14.1 Å². The second-order valence-corrected chi connectivity index (χ2v) is 6.56. The molecule has 0 bridgehead atoms. The molecule has 27 heavy (non-hydrogen) atoms. The number of carbonyl (C=O) groups excluding carboxylic acids is 1. The summed E-state index contributed by atoms with van der Waals surface area (Å²) < 4.78 is 7.13. The summed E-state index contributed by atoms with van der Waals surface area (Å²) in [6.45, 7) is 12.2. The highest BCUT2D eigenvalue weighted by Gasteiger charge is 2.22. The summed E-state index contributed by atoms with van der Waals surface area (Å²) in [5.41, 5.74) is 0.810. The van der Waals surface area contributed by atoms with Crippen LogP contribution in [0.1, 0.15) is 48.5 Å². The van der Waals surface area contributed by atoms with E-state index in [4.69, 9.17) is 4.42 Å². The van der Waals surface area contributed by atoms with Gasteiger partial charge in [-0.25, -0.2) is 0 Å². The largest absolute Gasteiger partial charge is 0.454 e. The predicted octanol–water partition coefficient (Wildman–Crippen LogP) is 2.51. The van der Waals surface area contributed by atoms with Gasteiger partial charge in [0.2, 0.25) is 0 Å². The van der Waals surface area contributed by atoms with Crippen molar-refractivity contribution >= 4 is 11.6 Å². The number of aryl methyl sites for hydroxylation is 1. The quantitative estimate of drug-likeness (QED) is 0.531. The molecule has 0 aliphatic carbocycles. The number of nitrogens with one attached hydrogen (secondary N) is 1. The fourth-order valence-electron chi connectivity index (χ4n) is 3.05. The Balaban J connectivity index is 2.03. The molecule has 9 nitrogen and oxygen atoms in total. The molecule has 2 heterocycles. The summed E-state index contributed by atoms with van der Waals surface area (Å²) in [5, 5.41) is 18.2. The van der Waals surface area contributed by atoms with Crippen LogP contribution in [0.3, 0.4) is 0 Å². The van der Waals surface area contributed by atoms with E-state index in [-0.39, 0.29) is 29.9 Å². The summed E-state index contributed by atoms with van der Waals surface area (Å²) in [6, 6.07) is 3.28. The van der Waals surface area contributed by atoms with Crippen molar-refractivity contribution in [3.05, 3.63) is 45.2 Å². The van der Waals surface area contributed by atoms with Crippen molar-refractivity contribution in [2.75, 3.05) is 19.6 Å². The van der Waals surface area contributed by atoms with E-state index < -0.39 is 4.92 Å². The number of likely N-dealkylation sites (N-methyl/N-ethyl adjacent to an activating group) is 1. The maximum absolute atomic E-state index is 12.4. The second kappa shape index (κ2) is 8.81. The average molecular weight is 377 g/mol. The number of furan rings is 1. The van der Waals surface area contributed by atoms with E-state index in [0.29, 0.717) is 17.1 Å². The lowest BCUT2D eigenvalue weighted by molar-refractivity contribution is -0.386. The van der Waals surface area contributed by atoms with Crippen molar-refractivity contribution in [3.8, 4) is 0 Å².